The van der Waals surface area contributed by atoms with Gasteiger partial charge in [-0.05, 0) is 37.3 Å². The molecule has 0 aliphatic carbocycles. The van der Waals surface area contributed by atoms with Crippen molar-refractivity contribution in [3.8, 4) is 0 Å². The molecule has 0 saturated carbocycles. The number of anilines is 1. The molecule has 1 heterocycles. The van der Waals surface area contributed by atoms with Crippen LogP contribution in [0.2, 0.25) is 0 Å². The summed E-state index contributed by atoms with van der Waals surface area (Å²) in [7, 11) is -1.94. The Kier molecular flexibility index (Phi) is 4.67. The highest BCUT2D eigenvalue weighted by atomic mass is 32.2. The maximum atomic E-state index is 12.7. The summed E-state index contributed by atoms with van der Waals surface area (Å²) in [5.41, 5.74) is 6.83. The van der Waals surface area contributed by atoms with Crippen molar-refractivity contribution in [3.05, 3.63) is 23.8 Å². The van der Waals surface area contributed by atoms with E-state index in [2.05, 4.69) is 0 Å². The number of aryl methyl sites for hydroxylation is 1. The van der Waals surface area contributed by atoms with Crippen LogP contribution >= 0.6 is 0 Å². The van der Waals surface area contributed by atoms with Crippen LogP contribution in [0.1, 0.15) is 18.4 Å². The molecule has 1 aromatic rings. The molecule has 1 aliphatic rings. The van der Waals surface area contributed by atoms with E-state index in [0.29, 0.717) is 24.4 Å². The monoisotopic (exact) mass is 298 g/mol. The van der Waals surface area contributed by atoms with Gasteiger partial charge in [0.05, 0.1) is 12.3 Å². The van der Waals surface area contributed by atoms with E-state index < -0.39 is 10.0 Å². The first-order valence-corrected chi connectivity index (χ1v) is 8.26. The molecule has 1 atom stereocenters. The van der Waals surface area contributed by atoms with Gasteiger partial charge in [-0.3, -0.25) is 0 Å². The Morgan fingerprint density at radius 1 is 1.45 bits per heavy atom. The number of nitrogens with two attached hydrogens (primary N) is 1. The quantitative estimate of drug-likeness (QED) is 0.857. The van der Waals surface area contributed by atoms with Crippen molar-refractivity contribution in [1.82, 2.24) is 4.31 Å². The summed E-state index contributed by atoms with van der Waals surface area (Å²) in [6.45, 7) is 3.64. The Morgan fingerprint density at radius 3 is 2.80 bits per heavy atom. The van der Waals surface area contributed by atoms with E-state index in [0.717, 1.165) is 19.4 Å². The molecule has 0 amide bonds. The molecule has 1 fully saturated rings. The lowest BCUT2D eigenvalue weighted by Gasteiger charge is -2.27. The number of rotatable bonds is 4. The van der Waals surface area contributed by atoms with Gasteiger partial charge in [0, 0.05) is 20.2 Å². The third kappa shape index (κ3) is 3.13. The molecule has 1 saturated heterocycles. The number of nitrogen functional groups attached to an aromatic ring is 1. The highest BCUT2D eigenvalue weighted by Gasteiger charge is 2.27. The van der Waals surface area contributed by atoms with Gasteiger partial charge in [-0.2, -0.15) is 0 Å². The third-order valence-electron chi connectivity index (χ3n) is 3.68. The molecule has 0 spiro atoms. The molecule has 1 unspecified atom stereocenters. The molecule has 2 N–H and O–H groups in total. The SMILES string of the molecule is Cc1cccc(N)c1S(=O)(=O)N(C)CC1CCCOC1. The van der Waals surface area contributed by atoms with Crippen molar-refractivity contribution in [2.75, 3.05) is 32.5 Å². The molecule has 1 aliphatic heterocycles. The summed E-state index contributed by atoms with van der Waals surface area (Å²) in [6, 6.07) is 5.15. The van der Waals surface area contributed by atoms with Crippen LogP contribution in [0.4, 0.5) is 5.69 Å². The third-order valence-corrected chi connectivity index (χ3v) is 5.72. The highest BCUT2D eigenvalue weighted by molar-refractivity contribution is 7.89. The molecule has 5 nitrogen and oxygen atoms in total. The maximum Gasteiger partial charge on any atom is 0.245 e. The van der Waals surface area contributed by atoms with Crippen molar-refractivity contribution in [3.63, 3.8) is 0 Å². The zero-order valence-electron chi connectivity index (χ0n) is 12.0. The lowest BCUT2D eigenvalue weighted by atomic mass is 10.0. The number of hydrogen-bond acceptors (Lipinski definition) is 4. The Morgan fingerprint density at radius 2 is 2.20 bits per heavy atom. The minimum absolute atomic E-state index is 0.222. The van der Waals surface area contributed by atoms with Crippen LogP contribution in [-0.4, -0.2) is 39.5 Å². The minimum atomic E-state index is -3.55. The maximum absolute atomic E-state index is 12.7. The van der Waals surface area contributed by atoms with Crippen molar-refractivity contribution < 1.29 is 13.2 Å². The van der Waals surface area contributed by atoms with Crippen molar-refractivity contribution in [2.45, 2.75) is 24.7 Å². The minimum Gasteiger partial charge on any atom is -0.398 e. The second-order valence-corrected chi connectivity index (χ2v) is 7.34. The van der Waals surface area contributed by atoms with Gasteiger partial charge in [0.25, 0.3) is 0 Å². The lowest BCUT2D eigenvalue weighted by molar-refractivity contribution is 0.0495. The first kappa shape index (κ1) is 15.3. The van der Waals surface area contributed by atoms with E-state index in [1.807, 2.05) is 0 Å². The molecular formula is C14H22N2O3S. The summed E-state index contributed by atoms with van der Waals surface area (Å²) in [4.78, 5) is 0.222. The van der Waals surface area contributed by atoms with Crippen LogP contribution in [-0.2, 0) is 14.8 Å². The summed E-state index contributed by atoms with van der Waals surface area (Å²) in [5, 5.41) is 0. The lowest BCUT2D eigenvalue weighted by Crippen LogP contribution is -2.35. The second kappa shape index (κ2) is 6.11. The molecular weight excluding hydrogens is 276 g/mol. The van der Waals surface area contributed by atoms with Crippen LogP contribution in [0.15, 0.2) is 23.1 Å². The average molecular weight is 298 g/mol. The summed E-state index contributed by atoms with van der Waals surface area (Å²) in [5.74, 6) is 0.258. The average Bonchev–Trinajstić information content (AvgIpc) is 2.39. The first-order chi connectivity index (χ1) is 9.43. The molecule has 20 heavy (non-hydrogen) atoms. The summed E-state index contributed by atoms with van der Waals surface area (Å²) < 4.78 is 32.1. The normalized spacial score (nSPS) is 20.2. The fourth-order valence-electron chi connectivity index (χ4n) is 2.60. The number of hydrogen-bond donors (Lipinski definition) is 1. The van der Waals surface area contributed by atoms with E-state index >= 15 is 0 Å². The zero-order chi connectivity index (χ0) is 14.8. The molecule has 112 valence electrons. The number of benzene rings is 1. The standard InChI is InChI=1S/C14H22N2O3S/c1-11-5-3-7-13(15)14(11)20(17,18)16(2)9-12-6-4-8-19-10-12/h3,5,7,12H,4,6,8-10,15H2,1-2H3. The number of sulfonamides is 1. The van der Waals surface area contributed by atoms with Crippen molar-refractivity contribution >= 4 is 15.7 Å². The smallest absolute Gasteiger partial charge is 0.245 e. The first-order valence-electron chi connectivity index (χ1n) is 6.82. The van der Waals surface area contributed by atoms with Gasteiger partial charge in [-0.1, -0.05) is 12.1 Å². The largest absolute Gasteiger partial charge is 0.398 e. The van der Waals surface area contributed by atoms with E-state index in [1.165, 1.54) is 4.31 Å². The summed E-state index contributed by atoms with van der Waals surface area (Å²) in [6.07, 6.45) is 1.99. The predicted octanol–water partition coefficient (Wildman–Crippen LogP) is 1.62. The summed E-state index contributed by atoms with van der Waals surface area (Å²) >= 11 is 0. The van der Waals surface area contributed by atoms with E-state index in [1.54, 1.807) is 32.2 Å². The van der Waals surface area contributed by atoms with Crippen LogP contribution in [0.3, 0.4) is 0 Å². The Balaban J connectivity index is 2.21. The van der Waals surface area contributed by atoms with Gasteiger partial charge in [-0.15, -0.1) is 0 Å². The van der Waals surface area contributed by atoms with Crippen LogP contribution in [0.5, 0.6) is 0 Å². The molecule has 0 radical (unpaired) electrons. The Hall–Kier alpha value is -1.11. The fraction of sp³-hybridized carbons (Fsp3) is 0.571. The van der Waals surface area contributed by atoms with E-state index in [4.69, 9.17) is 10.5 Å². The zero-order valence-corrected chi connectivity index (χ0v) is 12.8. The van der Waals surface area contributed by atoms with Gasteiger partial charge in [-0.25, -0.2) is 12.7 Å². The predicted molar refractivity (Wildman–Crippen MR) is 79.0 cm³/mol. The molecule has 0 aromatic heterocycles. The Labute approximate surface area is 120 Å². The van der Waals surface area contributed by atoms with Gasteiger partial charge in [0.1, 0.15) is 4.90 Å². The van der Waals surface area contributed by atoms with Gasteiger partial charge in [0.2, 0.25) is 10.0 Å². The van der Waals surface area contributed by atoms with Gasteiger partial charge in [0.15, 0.2) is 0 Å². The van der Waals surface area contributed by atoms with Crippen molar-refractivity contribution in [2.24, 2.45) is 5.92 Å². The van der Waals surface area contributed by atoms with Crippen LogP contribution in [0.25, 0.3) is 0 Å². The second-order valence-electron chi connectivity index (χ2n) is 5.36. The van der Waals surface area contributed by atoms with Gasteiger partial charge >= 0.3 is 0 Å². The van der Waals surface area contributed by atoms with E-state index in [-0.39, 0.29) is 10.8 Å². The molecule has 2 rings (SSSR count). The number of ether oxygens (including phenoxy) is 1. The van der Waals surface area contributed by atoms with Crippen LogP contribution < -0.4 is 5.73 Å². The fourth-order valence-corrected chi connectivity index (χ4v) is 4.16. The van der Waals surface area contributed by atoms with Crippen LogP contribution in [0, 0.1) is 12.8 Å². The molecule has 0 bridgehead atoms. The number of nitrogens with zero attached hydrogens (tertiary/aromatic N) is 1. The molecule has 6 heteroatoms. The van der Waals surface area contributed by atoms with E-state index in [9.17, 15) is 8.42 Å². The Bertz CT molecular complexity index is 546. The highest BCUT2D eigenvalue weighted by Crippen LogP contribution is 2.26. The van der Waals surface area contributed by atoms with Crippen molar-refractivity contribution in [1.29, 1.82) is 0 Å². The molecule has 1 aromatic carbocycles. The topological polar surface area (TPSA) is 72.6 Å². The van der Waals surface area contributed by atoms with Gasteiger partial charge < -0.3 is 10.5 Å².